The average molecular weight is 452 g/mol. The van der Waals surface area contributed by atoms with Gasteiger partial charge in [-0.25, -0.2) is 0 Å². The lowest BCUT2D eigenvalue weighted by Gasteiger charge is -2.11. The molecule has 0 saturated carbocycles. The van der Waals surface area contributed by atoms with E-state index in [-0.39, 0.29) is 0 Å². The summed E-state index contributed by atoms with van der Waals surface area (Å²) in [6.45, 7) is 6.44. The summed E-state index contributed by atoms with van der Waals surface area (Å²) in [6, 6.07) is 8.18. The fourth-order valence-electron chi connectivity index (χ4n) is 4.26. The van der Waals surface area contributed by atoms with Crippen molar-refractivity contribution >= 4 is 23.5 Å². The first-order valence-electron chi connectivity index (χ1n) is 12.1. The van der Waals surface area contributed by atoms with Crippen LogP contribution in [0.25, 0.3) is 29.1 Å². The Hall–Kier alpha value is -3.73. The van der Waals surface area contributed by atoms with Crippen LogP contribution >= 0.6 is 0 Å². The molecule has 3 aromatic heterocycles. The summed E-state index contributed by atoms with van der Waals surface area (Å²) in [7, 11) is 0. The van der Waals surface area contributed by atoms with Crippen LogP contribution in [0, 0.1) is 6.92 Å². The van der Waals surface area contributed by atoms with Crippen LogP contribution in [-0.2, 0) is 6.42 Å². The summed E-state index contributed by atoms with van der Waals surface area (Å²) in [6.07, 6.45) is 20.3. The highest BCUT2D eigenvalue weighted by atomic mass is 15.2. The van der Waals surface area contributed by atoms with Crippen LogP contribution in [0.15, 0.2) is 60.3 Å². The van der Waals surface area contributed by atoms with Crippen molar-refractivity contribution in [1.29, 1.82) is 0 Å². The lowest BCUT2D eigenvalue weighted by Crippen LogP contribution is -1.97. The molecule has 0 aromatic carbocycles. The third kappa shape index (κ3) is 5.42. The number of unbranched alkanes of at least 4 members (excludes halogenated alkanes) is 1. The second-order valence-corrected chi connectivity index (χ2v) is 8.73. The molecule has 0 bridgehead atoms. The third-order valence-electron chi connectivity index (χ3n) is 5.93. The van der Waals surface area contributed by atoms with Crippen LogP contribution in [0.1, 0.15) is 67.6 Å². The molecule has 4 rings (SSSR count). The van der Waals surface area contributed by atoms with Gasteiger partial charge in [0.1, 0.15) is 0 Å². The Morgan fingerprint density at radius 1 is 1.12 bits per heavy atom. The highest BCUT2D eigenvalue weighted by Gasteiger charge is 2.17. The highest BCUT2D eigenvalue weighted by molar-refractivity contribution is 5.92. The quantitative estimate of drug-likeness (QED) is 0.363. The molecule has 174 valence electrons. The van der Waals surface area contributed by atoms with Gasteiger partial charge in [-0.3, -0.25) is 15.1 Å². The molecule has 1 aliphatic rings. The first-order chi connectivity index (χ1) is 16.6. The summed E-state index contributed by atoms with van der Waals surface area (Å²) in [5.41, 5.74) is 15.5. The third-order valence-corrected chi connectivity index (χ3v) is 5.93. The molecule has 5 heteroatoms. The second-order valence-electron chi connectivity index (χ2n) is 8.73. The fourth-order valence-corrected chi connectivity index (χ4v) is 4.26. The van der Waals surface area contributed by atoms with Gasteiger partial charge in [0.15, 0.2) is 5.82 Å². The van der Waals surface area contributed by atoms with E-state index in [0.717, 1.165) is 58.7 Å². The topological polar surface area (TPSA) is 80.5 Å². The van der Waals surface area contributed by atoms with Gasteiger partial charge >= 0.3 is 0 Å². The molecule has 3 heterocycles. The minimum atomic E-state index is 0.453. The first-order valence-corrected chi connectivity index (χ1v) is 12.1. The van der Waals surface area contributed by atoms with E-state index in [4.69, 9.17) is 10.7 Å². The molecule has 34 heavy (non-hydrogen) atoms. The monoisotopic (exact) mass is 451 g/mol. The van der Waals surface area contributed by atoms with Crippen LogP contribution in [0.2, 0.25) is 0 Å². The number of rotatable bonds is 8. The minimum Gasteiger partial charge on any atom is -0.382 e. The molecule has 5 nitrogen and oxygen atoms in total. The van der Waals surface area contributed by atoms with E-state index in [1.165, 1.54) is 24.0 Å². The molecule has 0 fully saturated rings. The molecular weight excluding hydrogens is 418 g/mol. The van der Waals surface area contributed by atoms with E-state index in [1.807, 2.05) is 37.4 Å². The van der Waals surface area contributed by atoms with Crippen molar-refractivity contribution in [3.05, 3.63) is 88.4 Å². The van der Waals surface area contributed by atoms with E-state index >= 15 is 0 Å². The van der Waals surface area contributed by atoms with E-state index in [9.17, 15) is 0 Å². The maximum Gasteiger partial charge on any atom is 0.153 e. The van der Waals surface area contributed by atoms with Crippen molar-refractivity contribution in [1.82, 2.24) is 20.2 Å². The number of aryl methyl sites for hydroxylation is 1. The zero-order valence-corrected chi connectivity index (χ0v) is 20.3. The predicted molar refractivity (Wildman–Crippen MR) is 143 cm³/mol. The number of pyridine rings is 2. The van der Waals surface area contributed by atoms with Gasteiger partial charge in [0.2, 0.25) is 0 Å². The van der Waals surface area contributed by atoms with Gasteiger partial charge < -0.3 is 5.73 Å². The molecule has 0 saturated heterocycles. The van der Waals surface area contributed by atoms with Crippen molar-refractivity contribution < 1.29 is 0 Å². The summed E-state index contributed by atoms with van der Waals surface area (Å²) in [5.74, 6) is 0.453. The Balaban J connectivity index is 1.63. The number of aromatic amines is 1. The Morgan fingerprint density at radius 3 is 2.79 bits per heavy atom. The van der Waals surface area contributed by atoms with Crippen LogP contribution in [-0.4, -0.2) is 20.2 Å². The number of nitrogen functional groups attached to an aromatic ring is 1. The number of hydrogen-bond acceptors (Lipinski definition) is 4. The van der Waals surface area contributed by atoms with Gasteiger partial charge in [0, 0.05) is 17.5 Å². The molecule has 1 aliphatic carbocycles. The summed E-state index contributed by atoms with van der Waals surface area (Å²) in [5, 5.41) is 7.33. The van der Waals surface area contributed by atoms with E-state index in [2.05, 4.69) is 65.5 Å². The van der Waals surface area contributed by atoms with Crippen molar-refractivity contribution in [3.8, 4) is 11.4 Å². The molecule has 0 radical (unpaired) electrons. The van der Waals surface area contributed by atoms with Gasteiger partial charge in [-0.1, -0.05) is 68.7 Å². The van der Waals surface area contributed by atoms with Crippen molar-refractivity contribution in [2.75, 3.05) is 5.73 Å². The Bertz CT molecular complexity index is 1270. The van der Waals surface area contributed by atoms with E-state index < -0.39 is 0 Å². The molecule has 0 aliphatic heterocycles. The number of aromatic nitrogens is 4. The molecule has 0 amide bonds. The smallest absolute Gasteiger partial charge is 0.153 e. The number of nitrogens with two attached hydrogens (primary N) is 1. The Kier molecular flexibility index (Phi) is 7.53. The number of nitrogens with one attached hydrogen (secondary N) is 1. The Labute approximate surface area is 202 Å². The summed E-state index contributed by atoms with van der Waals surface area (Å²) < 4.78 is 0. The Morgan fingerprint density at radius 2 is 2.00 bits per heavy atom. The molecule has 3 aromatic rings. The molecule has 0 atom stereocenters. The molecule has 0 spiro atoms. The van der Waals surface area contributed by atoms with Crippen LogP contribution in [0.3, 0.4) is 0 Å². The number of allylic oxidation sites excluding steroid dienone is 6. The first kappa shape index (κ1) is 23.4. The lowest BCUT2D eigenvalue weighted by molar-refractivity contribution is 0.844. The number of anilines is 1. The minimum absolute atomic E-state index is 0.453. The average Bonchev–Trinajstić information content (AvgIpc) is 3.20. The predicted octanol–water partition coefficient (Wildman–Crippen LogP) is 6.95. The zero-order chi connectivity index (χ0) is 23.9. The van der Waals surface area contributed by atoms with Gasteiger partial charge in [0.25, 0.3) is 0 Å². The van der Waals surface area contributed by atoms with E-state index in [1.54, 1.807) is 0 Å². The number of hydrogen-bond donors (Lipinski definition) is 2. The van der Waals surface area contributed by atoms with Crippen molar-refractivity contribution in [2.45, 2.75) is 52.9 Å². The zero-order valence-electron chi connectivity index (χ0n) is 20.3. The maximum atomic E-state index is 6.27. The van der Waals surface area contributed by atoms with Gasteiger partial charge in [-0.15, -0.1) is 0 Å². The fraction of sp³-hybridized carbons (Fsp3) is 0.276. The number of H-pyrrole nitrogens is 1. The molecule has 3 N–H and O–H groups in total. The lowest BCUT2D eigenvalue weighted by atomic mass is 9.97. The summed E-state index contributed by atoms with van der Waals surface area (Å²) >= 11 is 0. The normalized spacial score (nSPS) is 15.9. The van der Waals surface area contributed by atoms with Gasteiger partial charge in [0.05, 0.1) is 22.6 Å². The SMILES string of the molecule is CCC/C=C(\CCC)Cc1cnc2c(c1)/C=C/C=C(\c1c(N)n[nH]c1-c1cccc(C)n1)C=C2. The van der Waals surface area contributed by atoms with E-state index in [0.29, 0.717) is 5.82 Å². The standard InChI is InChI=1S/C29H33N5/c1-4-6-11-21(9-5-2)17-22-18-24-13-8-12-23(15-16-25(24)31-19-22)27-28(33-34-29(27)30)26-14-7-10-20(3)32-26/h7-8,10-16,18-19H,4-6,9,17H2,1-3H3,(H3,30,33,34)/b12-8?,13-8+,16-15?,21-11+,23-12-,23-15?,24-13?,25-16?. The number of fused-ring (bicyclic) bond motifs is 1. The van der Waals surface area contributed by atoms with Crippen LogP contribution in [0.4, 0.5) is 5.82 Å². The van der Waals surface area contributed by atoms with Crippen molar-refractivity contribution in [2.24, 2.45) is 0 Å². The van der Waals surface area contributed by atoms with Crippen LogP contribution < -0.4 is 5.73 Å². The number of nitrogens with zero attached hydrogens (tertiary/aromatic N) is 3. The van der Waals surface area contributed by atoms with Crippen molar-refractivity contribution in [3.63, 3.8) is 0 Å². The second kappa shape index (κ2) is 10.9. The van der Waals surface area contributed by atoms with Gasteiger partial charge in [-0.2, -0.15) is 5.10 Å². The van der Waals surface area contributed by atoms with Gasteiger partial charge in [-0.05, 0) is 61.6 Å². The molecule has 0 unspecified atom stereocenters. The highest BCUT2D eigenvalue weighted by Crippen LogP contribution is 2.33. The summed E-state index contributed by atoms with van der Waals surface area (Å²) in [4.78, 5) is 9.43. The maximum absolute atomic E-state index is 6.27. The molecular formula is C29H33N5. The largest absolute Gasteiger partial charge is 0.382 e. The van der Waals surface area contributed by atoms with Crippen LogP contribution in [0.5, 0.6) is 0 Å².